The Balaban J connectivity index is 1.59. The Morgan fingerprint density at radius 3 is 2.62 bits per heavy atom. The van der Waals surface area contributed by atoms with Gasteiger partial charge in [0.25, 0.3) is 0 Å². The fourth-order valence-electron chi connectivity index (χ4n) is 3.54. The van der Waals surface area contributed by atoms with Crippen LogP contribution in [0, 0.1) is 12.8 Å². The van der Waals surface area contributed by atoms with Crippen molar-refractivity contribution in [1.29, 1.82) is 0 Å². The monoisotopic (exact) mass is 350 g/mol. The van der Waals surface area contributed by atoms with Gasteiger partial charge in [-0.15, -0.1) is 11.3 Å². The van der Waals surface area contributed by atoms with Gasteiger partial charge in [0.1, 0.15) is 0 Å². The van der Waals surface area contributed by atoms with Gasteiger partial charge in [0, 0.05) is 51.6 Å². The lowest BCUT2D eigenvalue weighted by Crippen LogP contribution is -2.47. The molecule has 1 atom stereocenters. The molecule has 7 heteroatoms. The van der Waals surface area contributed by atoms with Crippen LogP contribution in [0.25, 0.3) is 0 Å². The first kappa shape index (κ1) is 17.2. The Morgan fingerprint density at radius 1 is 1.12 bits per heavy atom. The fraction of sp³-hybridized carbons (Fsp3) is 0.706. The molecule has 132 valence electrons. The number of nitrogens with zero attached hydrogens (tertiary/aromatic N) is 4. The Labute approximate surface area is 147 Å². The van der Waals surface area contributed by atoms with Gasteiger partial charge in [0.05, 0.1) is 11.6 Å². The SMILES string of the molecule is CC(=O)N1CCC[C@@H](C(=O)N2CCCN(c3nc(C)cs3)CC2)C1. The summed E-state index contributed by atoms with van der Waals surface area (Å²) in [6.07, 6.45) is 2.79. The zero-order chi connectivity index (χ0) is 17.1. The summed E-state index contributed by atoms with van der Waals surface area (Å²) in [5.41, 5.74) is 1.05. The molecule has 3 rings (SSSR count). The van der Waals surface area contributed by atoms with Gasteiger partial charge in [-0.05, 0) is 26.2 Å². The Morgan fingerprint density at radius 2 is 1.92 bits per heavy atom. The Bertz CT molecular complexity index is 603. The standard InChI is InChI=1S/C17H26N4O2S/c1-13-12-24-17(18-13)20-8-4-7-19(9-10-20)16(23)15-5-3-6-21(11-15)14(2)22/h12,15H,3-11H2,1-2H3/t15-/m1/s1. The summed E-state index contributed by atoms with van der Waals surface area (Å²) in [6, 6.07) is 0. The second kappa shape index (κ2) is 7.51. The molecule has 2 aliphatic heterocycles. The predicted molar refractivity (Wildman–Crippen MR) is 95.2 cm³/mol. The Kier molecular flexibility index (Phi) is 5.38. The predicted octanol–water partition coefficient (Wildman–Crippen LogP) is 1.75. The van der Waals surface area contributed by atoms with Crippen molar-refractivity contribution in [2.24, 2.45) is 5.92 Å². The van der Waals surface area contributed by atoms with E-state index < -0.39 is 0 Å². The minimum absolute atomic E-state index is 0.0312. The summed E-state index contributed by atoms with van der Waals surface area (Å²) >= 11 is 1.67. The van der Waals surface area contributed by atoms with Crippen LogP contribution in [0.1, 0.15) is 31.9 Å². The third kappa shape index (κ3) is 3.88. The van der Waals surface area contributed by atoms with E-state index in [0.717, 1.165) is 62.8 Å². The minimum atomic E-state index is -0.0312. The molecule has 0 spiro atoms. The highest BCUT2D eigenvalue weighted by Crippen LogP contribution is 2.23. The van der Waals surface area contributed by atoms with Gasteiger partial charge in [-0.3, -0.25) is 9.59 Å². The molecule has 0 bridgehead atoms. The number of amides is 2. The van der Waals surface area contributed by atoms with E-state index in [2.05, 4.69) is 15.3 Å². The summed E-state index contributed by atoms with van der Waals surface area (Å²) in [4.78, 5) is 35.1. The lowest BCUT2D eigenvalue weighted by molar-refractivity contribution is -0.140. The molecule has 2 aliphatic rings. The number of hydrogen-bond acceptors (Lipinski definition) is 5. The van der Waals surface area contributed by atoms with E-state index in [0.29, 0.717) is 6.54 Å². The first-order chi connectivity index (χ1) is 11.5. The van der Waals surface area contributed by atoms with Crippen molar-refractivity contribution in [3.63, 3.8) is 0 Å². The van der Waals surface area contributed by atoms with Gasteiger partial charge >= 0.3 is 0 Å². The molecule has 6 nitrogen and oxygen atoms in total. The van der Waals surface area contributed by atoms with Crippen LogP contribution < -0.4 is 4.90 Å². The molecule has 2 amide bonds. The normalized spacial score (nSPS) is 22.4. The average molecular weight is 350 g/mol. The topological polar surface area (TPSA) is 56.8 Å². The summed E-state index contributed by atoms with van der Waals surface area (Å²) in [5, 5.41) is 3.13. The van der Waals surface area contributed by atoms with Gasteiger partial charge in [0.15, 0.2) is 5.13 Å². The number of thiazole rings is 1. The molecule has 2 saturated heterocycles. The molecular formula is C17H26N4O2S. The fourth-order valence-corrected chi connectivity index (χ4v) is 4.40. The maximum Gasteiger partial charge on any atom is 0.227 e. The number of anilines is 1. The van der Waals surface area contributed by atoms with Crippen LogP contribution in [-0.4, -0.2) is 65.9 Å². The number of aryl methyl sites for hydroxylation is 1. The lowest BCUT2D eigenvalue weighted by Gasteiger charge is -2.34. The number of likely N-dealkylation sites (tertiary alicyclic amines) is 1. The van der Waals surface area contributed by atoms with Gasteiger partial charge in [-0.2, -0.15) is 0 Å². The maximum absolute atomic E-state index is 12.9. The summed E-state index contributed by atoms with van der Waals surface area (Å²) < 4.78 is 0. The summed E-state index contributed by atoms with van der Waals surface area (Å²) in [6.45, 7) is 8.30. The average Bonchev–Trinajstić information content (AvgIpc) is 2.87. The van der Waals surface area contributed by atoms with E-state index in [9.17, 15) is 9.59 Å². The van der Waals surface area contributed by atoms with Crippen molar-refractivity contribution in [3.05, 3.63) is 11.1 Å². The van der Waals surface area contributed by atoms with E-state index in [-0.39, 0.29) is 17.7 Å². The number of carbonyl (C=O) groups is 2. The zero-order valence-corrected chi connectivity index (χ0v) is 15.3. The smallest absolute Gasteiger partial charge is 0.227 e. The maximum atomic E-state index is 12.9. The van der Waals surface area contributed by atoms with E-state index in [4.69, 9.17) is 0 Å². The van der Waals surface area contributed by atoms with Crippen LogP contribution in [0.3, 0.4) is 0 Å². The molecule has 3 heterocycles. The quantitative estimate of drug-likeness (QED) is 0.815. The van der Waals surface area contributed by atoms with E-state index in [1.807, 2.05) is 16.7 Å². The van der Waals surface area contributed by atoms with E-state index >= 15 is 0 Å². The zero-order valence-electron chi connectivity index (χ0n) is 14.5. The highest BCUT2D eigenvalue weighted by atomic mass is 32.1. The Hall–Kier alpha value is -1.63. The van der Waals surface area contributed by atoms with Crippen LogP contribution in [0.5, 0.6) is 0 Å². The second-order valence-electron chi connectivity index (χ2n) is 6.74. The van der Waals surface area contributed by atoms with Gasteiger partial charge in [0.2, 0.25) is 11.8 Å². The second-order valence-corrected chi connectivity index (χ2v) is 7.58. The largest absolute Gasteiger partial charge is 0.346 e. The third-order valence-electron chi connectivity index (χ3n) is 4.90. The van der Waals surface area contributed by atoms with E-state index in [1.165, 1.54) is 0 Å². The van der Waals surface area contributed by atoms with Crippen molar-refractivity contribution in [2.45, 2.75) is 33.1 Å². The van der Waals surface area contributed by atoms with Gasteiger partial charge in [-0.25, -0.2) is 4.98 Å². The van der Waals surface area contributed by atoms with Crippen molar-refractivity contribution in [3.8, 4) is 0 Å². The van der Waals surface area contributed by atoms with Crippen molar-refractivity contribution < 1.29 is 9.59 Å². The molecule has 2 fully saturated rings. The molecule has 1 aromatic rings. The van der Waals surface area contributed by atoms with Crippen LogP contribution in [0.4, 0.5) is 5.13 Å². The number of piperidine rings is 1. The number of rotatable bonds is 2. The van der Waals surface area contributed by atoms with Crippen LogP contribution in [0.15, 0.2) is 5.38 Å². The number of carbonyl (C=O) groups excluding carboxylic acids is 2. The molecular weight excluding hydrogens is 324 g/mol. The minimum Gasteiger partial charge on any atom is -0.346 e. The molecule has 0 aromatic carbocycles. The molecule has 0 saturated carbocycles. The third-order valence-corrected chi connectivity index (χ3v) is 5.92. The molecule has 0 aliphatic carbocycles. The van der Waals surface area contributed by atoms with Crippen LogP contribution in [0.2, 0.25) is 0 Å². The summed E-state index contributed by atoms with van der Waals surface area (Å²) in [5.74, 6) is 0.267. The highest BCUT2D eigenvalue weighted by molar-refractivity contribution is 7.13. The number of hydrogen-bond donors (Lipinski definition) is 0. The molecule has 24 heavy (non-hydrogen) atoms. The molecule has 0 radical (unpaired) electrons. The first-order valence-corrected chi connectivity index (χ1v) is 9.64. The van der Waals surface area contributed by atoms with E-state index in [1.54, 1.807) is 18.3 Å². The van der Waals surface area contributed by atoms with Gasteiger partial charge < -0.3 is 14.7 Å². The highest BCUT2D eigenvalue weighted by Gasteiger charge is 2.31. The van der Waals surface area contributed by atoms with Gasteiger partial charge in [-0.1, -0.05) is 0 Å². The van der Waals surface area contributed by atoms with Crippen LogP contribution >= 0.6 is 11.3 Å². The number of aromatic nitrogens is 1. The molecule has 0 unspecified atom stereocenters. The van der Waals surface area contributed by atoms with Crippen molar-refractivity contribution in [1.82, 2.24) is 14.8 Å². The summed E-state index contributed by atoms with van der Waals surface area (Å²) in [7, 11) is 0. The first-order valence-electron chi connectivity index (χ1n) is 8.76. The van der Waals surface area contributed by atoms with Crippen LogP contribution in [-0.2, 0) is 9.59 Å². The lowest BCUT2D eigenvalue weighted by atomic mass is 9.96. The van der Waals surface area contributed by atoms with Crippen molar-refractivity contribution in [2.75, 3.05) is 44.2 Å². The van der Waals surface area contributed by atoms with Crippen molar-refractivity contribution >= 4 is 28.3 Å². The molecule has 1 aromatic heterocycles. The molecule has 0 N–H and O–H groups in total.